The number of benzene rings is 1. The van der Waals surface area contributed by atoms with Crippen molar-refractivity contribution in [2.75, 3.05) is 0 Å². The lowest BCUT2D eigenvalue weighted by atomic mass is 9.95. The fourth-order valence-corrected chi connectivity index (χ4v) is 4.06. The molecule has 1 aromatic rings. The van der Waals surface area contributed by atoms with E-state index >= 15 is 0 Å². The highest BCUT2D eigenvalue weighted by Crippen LogP contribution is 2.33. The number of unbranched alkanes of at least 4 members (excludes halogenated alkanes) is 14. The molecule has 0 saturated heterocycles. The second-order valence-corrected chi connectivity index (χ2v) is 8.52. The Morgan fingerprint density at radius 1 is 0.536 bits per heavy atom. The fraction of sp³-hybridized carbons (Fsp3) is 0.769. The minimum Gasteiger partial charge on any atom is -0.504 e. The fourth-order valence-electron chi connectivity index (χ4n) is 4.06. The molecule has 0 unspecified atom stereocenters. The van der Waals surface area contributed by atoms with Crippen LogP contribution in [0, 0.1) is 0 Å². The van der Waals surface area contributed by atoms with Crippen LogP contribution < -0.4 is 0 Å². The van der Waals surface area contributed by atoms with Gasteiger partial charge in [-0.1, -0.05) is 110 Å². The van der Waals surface area contributed by atoms with E-state index in [0.717, 1.165) is 24.8 Å². The van der Waals surface area contributed by atoms with E-state index in [0.29, 0.717) is 0 Å². The van der Waals surface area contributed by atoms with Crippen LogP contribution in [0.25, 0.3) is 0 Å². The smallest absolute Gasteiger partial charge is 0.160 e. The highest BCUT2D eigenvalue weighted by Gasteiger charge is 2.12. The van der Waals surface area contributed by atoms with Crippen LogP contribution in [0.1, 0.15) is 128 Å². The topological polar surface area (TPSA) is 40.5 Å². The Labute approximate surface area is 174 Å². The van der Waals surface area contributed by atoms with E-state index < -0.39 is 0 Å². The van der Waals surface area contributed by atoms with E-state index in [-0.39, 0.29) is 11.5 Å². The van der Waals surface area contributed by atoms with Crippen molar-refractivity contribution >= 4 is 0 Å². The van der Waals surface area contributed by atoms with Crippen molar-refractivity contribution in [1.82, 2.24) is 0 Å². The zero-order chi connectivity index (χ0) is 20.5. The van der Waals surface area contributed by atoms with Gasteiger partial charge in [0.2, 0.25) is 0 Å². The van der Waals surface area contributed by atoms with Gasteiger partial charge < -0.3 is 10.2 Å². The van der Waals surface area contributed by atoms with Crippen LogP contribution in [0.15, 0.2) is 12.1 Å². The third-order valence-electron chi connectivity index (χ3n) is 5.94. The van der Waals surface area contributed by atoms with Gasteiger partial charge in [-0.15, -0.1) is 0 Å². The molecule has 1 aromatic carbocycles. The highest BCUT2D eigenvalue weighted by atomic mass is 16.3. The predicted molar refractivity (Wildman–Crippen MR) is 122 cm³/mol. The van der Waals surface area contributed by atoms with E-state index in [2.05, 4.69) is 13.8 Å². The molecule has 2 nitrogen and oxygen atoms in total. The Kier molecular flexibility index (Phi) is 14.9. The average Bonchev–Trinajstić information content (AvgIpc) is 2.70. The molecule has 0 aliphatic rings. The van der Waals surface area contributed by atoms with Crippen LogP contribution in [0.4, 0.5) is 0 Å². The van der Waals surface area contributed by atoms with Gasteiger partial charge in [-0.2, -0.15) is 0 Å². The minimum atomic E-state index is 0.0363. The van der Waals surface area contributed by atoms with E-state index in [1.165, 1.54) is 102 Å². The lowest BCUT2D eigenvalue weighted by molar-refractivity contribution is 0.397. The maximum absolute atomic E-state index is 10.4. The van der Waals surface area contributed by atoms with Crippen molar-refractivity contribution in [3.05, 3.63) is 23.3 Å². The molecule has 0 fully saturated rings. The molecule has 1 rings (SSSR count). The number of hydrogen-bond acceptors (Lipinski definition) is 2. The SMILES string of the molecule is CCCCCCCCCCc1ccc(O)c(O)c1CCCCCCCCCC. The first-order chi connectivity index (χ1) is 13.7. The van der Waals surface area contributed by atoms with Gasteiger partial charge in [0.25, 0.3) is 0 Å². The van der Waals surface area contributed by atoms with Gasteiger partial charge in [-0.25, -0.2) is 0 Å². The van der Waals surface area contributed by atoms with Crippen LogP contribution in [0.3, 0.4) is 0 Å². The Balaban J connectivity index is 2.30. The van der Waals surface area contributed by atoms with Gasteiger partial charge in [0.1, 0.15) is 0 Å². The summed E-state index contributed by atoms with van der Waals surface area (Å²) in [6.07, 6.45) is 22.8. The van der Waals surface area contributed by atoms with Gasteiger partial charge in [0.05, 0.1) is 0 Å². The highest BCUT2D eigenvalue weighted by molar-refractivity contribution is 5.49. The molecule has 28 heavy (non-hydrogen) atoms. The number of phenolic OH excluding ortho intramolecular Hbond substituents is 2. The van der Waals surface area contributed by atoms with Gasteiger partial charge in [0.15, 0.2) is 11.5 Å². The van der Waals surface area contributed by atoms with Crippen molar-refractivity contribution < 1.29 is 10.2 Å². The molecule has 0 saturated carbocycles. The lowest BCUT2D eigenvalue weighted by Crippen LogP contribution is -1.97. The predicted octanol–water partition coefficient (Wildman–Crippen LogP) is 8.46. The first kappa shape index (κ1) is 24.9. The number of hydrogen-bond donors (Lipinski definition) is 2. The van der Waals surface area contributed by atoms with Crippen molar-refractivity contribution in [3.8, 4) is 11.5 Å². The molecule has 2 heteroatoms. The average molecular weight is 391 g/mol. The third kappa shape index (κ3) is 11.0. The summed E-state index contributed by atoms with van der Waals surface area (Å²) in [6.45, 7) is 4.52. The van der Waals surface area contributed by atoms with Crippen molar-refractivity contribution in [1.29, 1.82) is 0 Å². The second kappa shape index (κ2) is 16.7. The van der Waals surface area contributed by atoms with Gasteiger partial charge in [-0.3, -0.25) is 0 Å². The number of aromatic hydroxyl groups is 2. The third-order valence-corrected chi connectivity index (χ3v) is 5.94. The van der Waals surface area contributed by atoms with Crippen molar-refractivity contribution in [3.63, 3.8) is 0 Å². The molecule has 0 amide bonds. The molecule has 0 aliphatic heterocycles. The van der Waals surface area contributed by atoms with Crippen LogP contribution in [-0.2, 0) is 12.8 Å². The number of aryl methyl sites for hydroxylation is 1. The molecule has 0 aliphatic carbocycles. The van der Waals surface area contributed by atoms with Crippen molar-refractivity contribution in [2.24, 2.45) is 0 Å². The zero-order valence-electron chi connectivity index (χ0n) is 18.8. The molecule has 2 N–H and O–H groups in total. The van der Waals surface area contributed by atoms with Crippen LogP contribution >= 0.6 is 0 Å². The van der Waals surface area contributed by atoms with Crippen LogP contribution in [0.5, 0.6) is 11.5 Å². The van der Waals surface area contributed by atoms with E-state index in [4.69, 9.17) is 0 Å². The Bertz CT molecular complexity index is 495. The summed E-state index contributed by atoms with van der Waals surface area (Å²) < 4.78 is 0. The summed E-state index contributed by atoms with van der Waals surface area (Å²) in [5.74, 6) is 0.161. The van der Waals surface area contributed by atoms with Crippen LogP contribution in [0.2, 0.25) is 0 Å². The van der Waals surface area contributed by atoms with Crippen molar-refractivity contribution in [2.45, 2.75) is 129 Å². The quantitative estimate of drug-likeness (QED) is 0.195. The normalized spacial score (nSPS) is 11.2. The van der Waals surface area contributed by atoms with E-state index in [9.17, 15) is 10.2 Å². The molecule has 0 atom stereocenters. The summed E-state index contributed by atoms with van der Waals surface area (Å²) in [6, 6.07) is 3.68. The molecule has 0 spiro atoms. The minimum absolute atomic E-state index is 0.0363. The summed E-state index contributed by atoms with van der Waals surface area (Å²) >= 11 is 0. The summed E-state index contributed by atoms with van der Waals surface area (Å²) in [5.41, 5.74) is 2.23. The van der Waals surface area contributed by atoms with E-state index in [1.54, 1.807) is 6.07 Å². The summed E-state index contributed by atoms with van der Waals surface area (Å²) in [5, 5.41) is 20.3. The Hall–Kier alpha value is -1.18. The molecule has 162 valence electrons. The first-order valence-corrected chi connectivity index (χ1v) is 12.2. The Morgan fingerprint density at radius 2 is 0.964 bits per heavy atom. The van der Waals surface area contributed by atoms with E-state index in [1.807, 2.05) is 6.07 Å². The maximum Gasteiger partial charge on any atom is 0.160 e. The van der Waals surface area contributed by atoms with Gasteiger partial charge in [0, 0.05) is 5.56 Å². The zero-order valence-corrected chi connectivity index (χ0v) is 18.8. The Morgan fingerprint density at radius 3 is 1.46 bits per heavy atom. The first-order valence-electron chi connectivity index (χ1n) is 12.2. The number of rotatable bonds is 18. The lowest BCUT2D eigenvalue weighted by Gasteiger charge is -2.13. The standard InChI is InChI=1S/C26H46O2/c1-3-5-7-9-11-13-15-17-19-23-21-22-25(27)26(28)24(23)20-18-16-14-12-10-8-6-4-2/h21-22,27-28H,3-20H2,1-2H3. The summed E-state index contributed by atoms with van der Waals surface area (Å²) in [4.78, 5) is 0. The monoisotopic (exact) mass is 390 g/mol. The second-order valence-electron chi connectivity index (χ2n) is 8.52. The maximum atomic E-state index is 10.4. The molecule has 0 radical (unpaired) electrons. The van der Waals surface area contributed by atoms with Gasteiger partial charge in [-0.05, 0) is 37.3 Å². The number of phenols is 2. The molecular weight excluding hydrogens is 344 g/mol. The van der Waals surface area contributed by atoms with Crippen LogP contribution in [-0.4, -0.2) is 10.2 Å². The molecule has 0 aromatic heterocycles. The largest absolute Gasteiger partial charge is 0.504 e. The summed E-state index contributed by atoms with van der Waals surface area (Å²) in [7, 11) is 0. The molecular formula is C26H46O2. The molecule has 0 bridgehead atoms. The molecule has 0 heterocycles. The van der Waals surface area contributed by atoms with Gasteiger partial charge >= 0.3 is 0 Å².